The smallest absolute Gasteiger partial charge is 0.346 e. The molecule has 0 spiro atoms. The number of halogens is 1. The topological polar surface area (TPSA) is 35.1 Å². The summed E-state index contributed by atoms with van der Waals surface area (Å²) in [6.07, 6.45) is 1.94. The second-order valence-electron chi connectivity index (χ2n) is 5.20. The van der Waals surface area contributed by atoms with Gasteiger partial charge in [-0.1, -0.05) is 46.3 Å². The highest BCUT2D eigenvalue weighted by molar-refractivity contribution is 9.10. The highest BCUT2D eigenvalue weighted by Gasteiger charge is 2.22. The Bertz CT molecular complexity index is 984. The summed E-state index contributed by atoms with van der Waals surface area (Å²) in [5, 5.41) is 0. The van der Waals surface area contributed by atoms with Crippen LogP contribution in [0.25, 0.3) is 28.3 Å². The molecule has 0 radical (unpaired) electrons. The normalized spacial score (nSPS) is 11.0. The summed E-state index contributed by atoms with van der Waals surface area (Å²) in [4.78, 5) is 12.4. The first kappa shape index (κ1) is 14.0. The number of hydrogen-bond acceptors (Lipinski definition) is 2. The number of aromatic nitrogens is 1. The van der Waals surface area contributed by atoms with Crippen molar-refractivity contribution >= 4 is 15.9 Å². The second kappa shape index (κ2) is 5.56. The number of nitrogens with zero attached hydrogens (tertiary/aromatic N) is 1. The summed E-state index contributed by atoms with van der Waals surface area (Å²) in [5.74, 6) is 0.583. The Morgan fingerprint density at radius 3 is 2.35 bits per heavy atom. The van der Waals surface area contributed by atoms with Crippen LogP contribution in [0.3, 0.4) is 0 Å². The number of benzene rings is 2. The Balaban J connectivity index is 2.03. The Kier molecular flexibility index (Phi) is 3.39. The molecule has 0 amide bonds. The highest BCUT2D eigenvalue weighted by atomic mass is 79.9. The summed E-state index contributed by atoms with van der Waals surface area (Å²) in [6, 6.07) is 21.3. The minimum Gasteiger partial charge on any atom is -0.421 e. The van der Waals surface area contributed by atoms with Gasteiger partial charge in [0.05, 0.1) is 5.56 Å². The molecule has 0 saturated heterocycles. The van der Waals surface area contributed by atoms with Gasteiger partial charge in [0.15, 0.2) is 5.76 Å². The average Bonchev–Trinajstić information content (AvgIpc) is 2.92. The quantitative estimate of drug-likeness (QED) is 0.502. The summed E-state index contributed by atoms with van der Waals surface area (Å²) in [7, 11) is 0. The van der Waals surface area contributed by atoms with E-state index in [0.29, 0.717) is 11.3 Å². The predicted molar refractivity (Wildman–Crippen MR) is 94.1 cm³/mol. The van der Waals surface area contributed by atoms with E-state index in [9.17, 15) is 4.79 Å². The van der Waals surface area contributed by atoms with Crippen LogP contribution in [0.4, 0.5) is 0 Å². The molecule has 0 bridgehead atoms. The third kappa shape index (κ3) is 2.41. The summed E-state index contributed by atoms with van der Waals surface area (Å²) in [6.45, 7) is 0. The van der Waals surface area contributed by atoms with E-state index in [1.54, 1.807) is 0 Å². The van der Waals surface area contributed by atoms with Crippen molar-refractivity contribution in [3.05, 3.63) is 87.8 Å². The third-order valence-electron chi connectivity index (χ3n) is 3.77. The number of furan rings is 1. The first-order valence-electron chi connectivity index (χ1n) is 7.19. The third-order valence-corrected chi connectivity index (χ3v) is 4.30. The zero-order chi connectivity index (χ0) is 15.8. The number of fused-ring (bicyclic) bond motifs is 1. The summed E-state index contributed by atoms with van der Waals surface area (Å²) >= 11 is 3.42. The van der Waals surface area contributed by atoms with Gasteiger partial charge in [-0.25, -0.2) is 4.79 Å². The van der Waals surface area contributed by atoms with E-state index in [1.807, 2.05) is 77.5 Å². The zero-order valence-electron chi connectivity index (χ0n) is 12.1. The molecule has 0 N–H and O–H groups in total. The Morgan fingerprint density at radius 2 is 1.61 bits per heavy atom. The highest BCUT2D eigenvalue weighted by Crippen LogP contribution is 2.34. The number of rotatable bonds is 2. The molecule has 2 heterocycles. The van der Waals surface area contributed by atoms with E-state index in [1.165, 1.54) is 0 Å². The molecule has 4 rings (SSSR count). The molecule has 23 heavy (non-hydrogen) atoms. The van der Waals surface area contributed by atoms with E-state index in [-0.39, 0.29) is 5.63 Å². The SMILES string of the molecule is O=c1oc2cccn(-c3ccccc3)c-2c1-c1ccc(Br)cc1. The Labute approximate surface area is 141 Å². The lowest BCUT2D eigenvalue weighted by Crippen LogP contribution is -2.02. The predicted octanol–water partition coefficient (Wildman–Crippen LogP) is 4.96. The molecule has 4 heteroatoms. The van der Waals surface area contributed by atoms with Crippen molar-refractivity contribution in [3.63, 3.8) is 0 Å². The molecule has 0 fully saturated rings. The molecule has 2 aromatic rings. The van der Waals surface area contributed by atoms with Crippen LogP contribution < -0.4 is 5.63 Å². The molecule has 2 aromatic carbocycles. The first-order valence-corrected chi connectivity index (χ1v) is 7.99. The molecule has 0 aromatic heterocycles. The molecule has 0 aliphatic carbocycles. The lowest BCUT2D eigenvalue weighted by atomic mass is 10.0. The van der Waals surface area contributed by atoms with E-state index in [4.69, 9.17) is 4.42 Å². The largest absolute Gasteiger partial charge is 0.421 e. The van der Waals surface area contributed by atoms with Crippen molar-refractivity contribution in [1.29, 1.82) is 0 Å². The van der Waals surface area contributed by atoms with Crippen LogP contribution in [0.15, 0.2) is 86.6 Å². The van der Waals surface area contributed by atoms with Crippen molar-refractivity contribution in [2.75, 3.05) is 0 Å². The minimum atomic E-state index is -0.321. The molecule has 0 atom stereocenters. The van der Waals surface area contributed by atoms with Crippen molar-refractivity contribution in [2.24, 2.45) is 0 Å². The van der Waals surface area contributed by atoms with E-state index >= 15 is 0 Å². The maximum absolute atomic E-state index is 12.4. The fraction of sp³-hybridized carbons (Fsp3) is 0. The fourth-order valence-corrected chi connectivity index (χ4v) is 3.00. The molecule has 112 valence electrons. The minimum absolute atomic E-state index is 0.321. The van der Waals surface area contributed by atoms with Gasteiger partial charge in [-0.15, -0.1) is 0 Å². The van der Waals surface area contributed by atoms with Crippen molar-refractivity contribution in [1.82, 2.24) is 4.57 Å². The van der Waals surface area contributed by atoms with Gasteiger partial charge in [0, 0.05) is 16.4 Å². The lowest BCUT2D eigenvalue weighted by molar-refractivity contribution is 0.543. The molecular formula is C19H12BrNO2. The first-order chi connectivity index (χ1) is 11.2. The second-order valence-corrected chi connectivity index (χ2v) is 6.11. The Morgan fingerprint density at radius 1 is 0.870 bits per heavy atom. The van der Waals surface area contributed by atoms with Gasteiger partial charge >= 0.3 is 5.63 Å². The monoisotopic (exact) mass is 365 g/mol. The van der Waals surface area contributed by atoms with Crippen LogP contribution in [0.5, 0.6) is 0 Å². The van der Waals surface area contributed by atoms with E-state index in [2.05, 4.69) is 15.9 Å². The van der Waals surface area contributed by atoms with Gasteiger partial charge in [-0.3, -0.25) is 0 Å². The number of para-hydroxylation sites is 1. The molecule has 3 nitrogen and oxygen atoms in total. The van der Waals surface area contributed by atoms with E-state index in [0.717, 1.165) is 21.4 Å². The van der Waals surface area contributed by atoms with Gasteiger partial charge in [0.25, 0.3) is 0 Å². The van der Waals surface area contributed by atoms with E-state index < -0.39 is 0 Å². The molecule has 2 aliphatic heterocycles. The molecule has 0 saturated carbocycles. The van der Waals surface area contributed by atoms with Gasteiger partial charge in [0.1, 0.15) is 5.69 Å². The van der Waals surface area contributed by atoms with Crippen LogP contribution in [-0.2, 0) is 0 Å². The van der Waals surface area contributed by atoms with Crippen LogP contribution in [0.1, 0.15) is 0 Å². The zero-order valence-corrected chi connectivity index (χ0v) is 13.7. The number of hydrogen-bond donors (Lipinski definition) is 0. The van der Waals surface area contributed by atoms with Crippen molar-refractivity contribution < 1.29 is 4.42 Å². The molecule has 2 aliphatic rings. The maximum atomic E-state index is 12.4. The average molecular weight is 366 g/mol. The van der Waals surface area contributed by atoms with Crippen LogP contribution in [0.2, 0.25) is 0 Å². The molecule has 0 unspecified atom stereocenters. The van der Waals surface area contributed by atoms with Crippen molar-refractivity contribution in [3.8, 4) is 28.3 Å². The standard InChI is InChI=1S/C19H12BrNO2/c20-14-10-8-13(9-11-14)17-18-16(23-19(17)22)7-4-12-21(18)15-5-2-1-3-6-15/h1-12H. The molecular weight excluding hydrogens is 354 g/mol. The maximum Gasteiger partial charge on any atom is 0.346 e. The van der Waals surface area contributed by atoms with Crippen LogP contribution in [0, 0.1) is 0 Å². The Hall–Kier alpha value is -2.59. The fourth-order valence-electron chi connectivity index (χ4n) is 2.74. The summed E-state index contributed by atoms with van der Waals surface area (Å²) in [5.41, 5.74) is 2.87. The van der Waals surface area contributed by atoms with Gasteiger partial charge < -0.3 is 8.98 Å². The van der Waals surface area contributed by atoms with Crippen LogP contribution >= 0.6 is 15.9 Å². The van der Waals surface area contributed by atoms with Gasteiger partial charge in [-0.2, -0.15) is 0 Å². The van der Waals surface area contributed by atoms with Crippen LogP contribution in [-0.4, -0.2) is 4.57 Å². The lowest BCUT2D eigenvalue weighted by Gasteiger charge is -2.13. The van der Waals surface area contributed by atoms with Gasteiger partial charge in [0.2, 0.25) is 0 Å². The number of pyridine rings is 1. The van der Waals surface area contributed by atoms with Crippen molar-refractivity contribution in [2.45, 2.75) is 0 Å². The summed E-state index contributed by atoms with van der Waals surface area (Å²) < 4.78 is 8.41. The van der Waals surface area contributed by atoms with Gasteiger partial charge in [-0.05, 0) is 42.0 Å².